The molecule has 0 atom stereocenters. The lowest BCUT2D eigenvalue weighted by molar-refractivity contribution is 0.255. The zero-order valence-electron chi connectivity index (χ0n) is 13.4. The Bertz CT molecular complexity index is 711. The van der Waals surface area contributed by atoms with Crippen LogP contribution in [0.4, 0.5) is 10.5 Å². The first-order valence-electron chi connectivity index (χ1n) is 7.15. The summed E-state index contributed by atoms with van der Waals surface area (Å²) >= 11 is 0. The molecule has 0 aromatic heterocycles. The Kier molecular flexibility index (Phi) is 5.63. The fourth-order valence-electron chi connectivity index (χ4n) is 2.09. The number of rotatable bonds is 5. The first-order valence-corrected chi connectivity index (χ1v) is 7.15. The Morgan fingerprint density at radius 3 is 2.52 bits per heavy atom. The molecule has 2 N–H and O–H groups in total. The van der Waals surface area contributed by atoms with Crippen LogP contribution in [0.25, 0.3) is 6.08 Å². The number of aryl methyl sites for hydroxylation is 1. The smallest absolute Gasteiger partial charge is 0.323 e. The standard InChI is InChI=1S/C18H20N2O3/c1-13-8-9-17(23-3)15(12-13)20-18(21)19-11-10-14-6-4-5-7-16(14)22-2/h4-12H,1-3H3,(H2,19,20,21)/b11-10+. The van der Waals surface area contributed by atoms with E-state index in [1.165, 1.54) is 0 Å². The topological polar surface area (TPSA) is 59.6 Å². The van der Waals surface area contributed by atoms with Gasteiger partial charge in [-0.1, -0.05) is 24.3 Å². The number of carbonyl (C=O) groups is 1. The molecule has 2 rings (SSSR count). The highest BCUT2D eigenvalue weighted by atomic mass is 16.5. The summed E-state index contributed by atoms with van der Waals surface area (Å²) in [5.74, 6) is 1.35. The summed E-state index contributed by atoms with van der Waals surface area (Å²) in [7, 11) is 3.17. The van der Waals surface area contributed by atoms with Crippen LogP contribution in [0.5, 0.6) is 11.5 Å². The highest BCUT2D eigenvalue weighted by Crippen LogP contribution is 2.25. The quantitative estimate of drug-likeness (QED) is 0.882. The number of carbonyl (C=O) groups excluding carboxylic acids is 1. The molecule has 0 unspecified atom stereocenters. The minimum atomic E-state index is -0.347. The number of hydrogen-bond acceptors (Lipinski definition) is 3. The van der Waals surface area contributed by atoms with Crippen molar-refractivity contribution in [3.8, 4) is 11.5 Å². The van der Waals surface area contributed by atoms with E-state index >= 15 is 0 Å². The van der Waals surface area contributed by atoms with E-state index in [2.05, 4.69) is 10.6 Å². The lowest BCUT2D eigenvalue weighted by Crippen LogP contribution is -2.24. The van der Waals surface area contributed by atoms with Crippen LogP contribution in [-0.4, -0.2) is 20.3 Å². The summed E-state index contributed by atoms with van der Waals surface area (Å²) < 4.78 is 10.5. The van der Waals surface area contributed by atoms with Crippen molar-refractivity contribution in [2.45, 2.75) is 6.92 Å². The van der Waals surface area contributed by atoms with E-state index in [-0.39, 0.29) is 6.03 Å². The van der Waals surface area contributed by atoms with Gasteiger partial charge < -0.3 is 20.1 Å². The maximum Gasteiger partial charge on any atom is 0.323 e. The highest BCUT2D eigenvalue weighted by molar-refractivity contribution is 5.92. The van der Waals surface area contributed by atoms with Gasteiger partial charge in [-0.2, -0.15) is 0 Å². The molecule has 0 heterocycles. The van der Waals surface area contributed by atoms with Crippen LogP contribution >= 0.6 is 0 Å². The minimum absolute atomic E-state index is 0.347. The predicted molar refractivity (Wildman–Crippen MR) is 91.9 cm³/mol. The first-order chi connectivity index (χ1) is 11.1. The van der Waals surface area contributed by atoms with Gasteiger partial charge >= 0.3 is 6.03 Å². The van der Waals surface area contributed by atoms with Gasteiger partial charge in [0.15, 0.2) is 0 Å². The number of amides is 2. The highest BCUT2D eigenvalue weighted by Gasteiger charge is 2.06. The molecule has 2 aromatic rings. The molecule has 0 aliphatic rings. The minimum Gasteiger partial charge on any atom is -0.496 e. The second-order valence-electron chi connectivity index (χ2n) is 4.88. The van der Waals surface area contributed by atoms with Crippen molar-refractivity contribution in [3.63, 3.8) is 0 Å². The molecule has 23 heavy (non-hydrogen) atoms. The average molecular weight is 312 g/mol. The molecule has 2 aromatic carbocycles. The zero-order chi connectivity index (χ0) is 16.7. The summed E-state index contributed by atoms with van der Waals surface area (Å²) in [5.41, 5.74) is 2.53. The number of nitrogens with one attached hydrogen (secondary N) is 2. The molecule has 2 amide bonds. The molecule has 0 saturated heterocycles. The van der Waals surface area contributed by atoms with E-state index in [9.17, 15) is 4.79 Å². The van der Waals surface area contributed by atoms with E-state index in [1.807, 2.05) is 49.4 Å². The molecule has 5 nitrogen and oxygen atoms in total. The summed E-state index contributed by atoms with van der Waals surface area (Å²) in [5, 5.41) is 5.42. The maximum atomic E-state index is 12.0. The largest absolute Gasteiger partial charge is 0.496 e. The summed E-state index contributed by atoms with van der Waals surface area (Å²) in [4.78, 5) is 12.0. The van der Waals surface area contributed by atoms with Gasteiger partial charge in [-0.3, -0.25) is 0 Å². The van der Waals surface area contributed by atoms with Crippen LogP contribution < -0.4 is 20.1 Å². The van der Waals surface area contributed by atoms with E-state index in [4.69, 9.17) is 9.47 Å². The third-order valence-electron chi connectivity index (χ3n) is 3.22. The molecule has 0 fully saturated rings. The summed E-state index contributed by atoms with van der Waals surface area (Å²) in [6, 6.07) is 12.8. The molecule has 0 aliphatic heterocycles. The van der Waals surface area contributed by atoms with Crippen LogP contribution in [0.2, 0.25) is 0 Å². The fourth-order valence-corrected chi connectivity index (χ4v) is 2.09. The van der Waals surface area contributed by atoms with Crippen molar-refractivity contribution in [1.82, 2.24) is 5.32 Å². The molecule has 0 radical (unpaired) electrons. The summed E-state index contributed by atoms with van der Waals surface area (Å²) in [6.45, 7) is 1.95. The number of urea groups is 1. The number of ether oxygens (including phenoxy) is 2. The van der Waals surface area contributed by atoms with Crippen LogP contribution in [0.15, 0.2) is 48.7 Å². The van der Waals surface area contributed by atoms with Gasteiger partial charge in [0.05, 0.1) is 19.9 Å². The Balaban J connectivity index is 2.00. The van der Waals surface area contributed by atoms with Gasteiger partial charge in [0.1, 0.15) is 11.5 Å². The number of benzene rings is 2. The monoisotopic (exact) mass is 312 g/mol. The van der Waals surface area contributed by atoms with Crippen LogP contribution in [0.3, 0.4) is 0 Å². The Morgan fingerprint density at radius 2 is 1.78 bits per heavy atom. The van der Waals surface area contributed by atoms with Crippen LogP contribution in [0, 0.1) is 6.92 Å². The van der Waals surface area contributed by atoms with Crippen LogP contribution in [0.1, 0.15) is 11.1 Å². The van der Waals surface area contributed by atoms with E-state index < -0.39 is 0 Å². The van der Waals surface area contributed by atoms with Crippen molar-refractivity contribution >= 4 is 17.8 Å². The third-order valence-corrected chi connectivity index (χ3v) is 3.22. The number of methoxy groups -OCH3 is 2. The number of para-hydroxylation sites is 1. The van der Waals surface area contributed by atoms with Crippen molar-refractivity contribution in [3.05, 3.63) is 59.8 Å². The van der Waals surface area contributed by atoms with Gasteiger partial charge in [0.2, 0.25) is 0 Å². The van der Waals surface area contributed by atoms with Crippen molar-refractivity contribution in [2.75, 3.05) is 19.5 Å². The molecule has 0 saturated carbocycles. The van der Waals surface area contributed by atoms with Gasteiger partial charge in [-0.05, 0) is 36.8 Å². The Labute approximate surface area is 135 Å². The second kappa shape index (κ2) is 7.89. The second-order valence-corrected chi connectivity index (χ2v) is 4.88. The lowest BCUT2D eigenvalue weighted by atomic mass is 10.2. The maximum absolute atomic E-state index is 12.0. The number of anilines is 1. The molecule has 120 valence electrons. The van der Waals surface area contributed by atoms with Gasteiger partial charge in [-0.15, -0.1) is 0 Å². The molecular formula is C18H20N2O3. The molecule has 0 bridgehead atoms. The molecule has 5 heteroatoms. The van der Waals surface area contributed by atoms with Crippen molar-refractivity contribution in [1.29, 1.82) is 0 Å². The van der Waals surface area contributed by atoms with Crippen LogP contribution in [-0.2, 0) is 0 Å². The first kappa shape index (κ1) is 16.4. The van der Waals surface area contributed by atoms with E-state index in [1.54, 1.807) is 26.5 Å². The van der Waals surface area contributed by atoms with Gasteiger partial charge in [-0.25, -0.2) is 4.79 Å². The lowest BCUT2D eigenvalue weighted by Gasteiger charge is -2.10. The van der Waals surface area contributed by atoms with Crippen molar-refractivity contribution in [2.24, 2.45) is 0 Å². The molecule has 0 spiro atoms. The predicted octanol–water partition coefficient (Wildman–Crippen LogP) is 3.80. The SMILES string of the molecule is COc1ccccc1/C=C/NC(=O)Nc1cc(C)ccc1OC. The summed E-state index contributed by atoms with van der Waals surface area (Å²) in [6.07, 6.45) is 3.33. The Hall–Kier alpha value is -2.95. The van der Waals surface area contributed by atoms with E-state index in [0.717, 1.165) is 16.9 Å². The average Bonchev–Trinajstić information content (AvgIpc) is 2.55. The Morgan fingerprint density at radius 1 is 1.04 bits per heavy atom. The van der Waals surface area contributed by atoms with Gasteiger partial charge in [0, 0.05) is 11.8 Å². The van der Waals surface area contributed by atoms with Gasteiger partial charge in [0.25, 0.3) is 0 Å². The molecular weight excluding hydrogens is 292 g/mol. The third kappa shape index (κ3) is 4.51. The van der Waals surface area contributed by atoms with Crippen molar-refractivity contribution < 1.29 is 14.3 Å². The zero-order valence-corrected chi connectivity index (χ0v) is 13.4. The molecule has 0 aliphatic carbocycles. The normalized spacial score (nSPS) is 10.4. The number of hydrogen-bond donors (Lipinski definition) is 2. The van der Waals surface area contributed by atoms with E-state index in [0.29, 0.717) is 11.4 Å². The fraction of sp³-hybridized carbons (Fsp3) is 0.167.